The molecule has 0 spiro atoms. The normalized spacial score (nSPS) is 14.7. The van der Waals surface area contributed by atoms with Crippen LogP contribution in [0.5, 0.6) is 5.75 Å². The lowest BCUT2D eigenvalue weighted by Crippen LogP contribution is -2.23. The number of fused-ring (bicyclic) bond motifs is 3. The number of nitrogens with zero attached hydrogens (tertiary/aromatic N) is 2. The molecule has 2 aromatic carbocycles. The zero-order chi connectivity index (χ0) is 21.2. The Bertz CT molecular complexity index is 1300. The topological polar surface area (TPSA) is 88.5 Å². The molecular formula is C24H24N4O3. The first-order valence-corrected chi connectivity index (χ1v) is 10.7. The van der Waals surface area contributed by atoms with Gasteiger partial charge in [0.15, 0.2) is 0 Å². The van der Waals surface area contributed by atoms with Gasteiger partial charge in [0.2, 0.25) is 0 Å². The second kappa shape index (κ2) is 8.26. The van der Waals surface area contributed by atoms with E-state index in [1.54, 1.807) is 16.6 Å². The predicted octanol–water partition coefficient (Wildman–Crippen LogP) is 3.82. The van der Waals surface area contributed by atoms with Gasteiger partial charge in [0.1, 0.15) is 17.0 Å². The van der Waals surface area contributed by atoms with E-state index in [0.29, 0.717) is 28.7 Å². The predicted molar refractivity (Wildman–Crippen MR) is 118 cm³/mol. The molecule has 2 aromatic heterocycles. The minimum absolute atomic E-state index is 0.245. The van der Waals surface area contributed by atoms with Crippen LogP contribution in [0.1, 0.15) is 48.0 Å². The first-order chi connectivity index (χ1) is 15.2. The molecule has 2 heterocycles. The lowest BCUT2D eigenvalue weighted by Gasteiger charge is -2.23. The summed E-state index contributed by atoms with van der Waals surface area (Å²) in [6.07, 6.45) is 7.69. The summed E-state index contributed by atoms with van der Waals surface area (Å²) in [5.41, 5.74) is 2.09. The number of amides is 1. The summed E-state index contributed by atoms with van der Waals surface area (Å²) in [7, 11) is 0. The molecule has 0 unspecified atom stereocenters. The summed E-state index contributed by atoms with van der Waals surface area (Å²) in [5.74, 6) is 0.546. The van der Waals surface area contributed by atoms with Crippen LogP contribution >= 0.6 is 0 Å². The van der Waals surface area contributed by atoms with E-state index in [4.69, 9.17) is 4.74 Å². The maximum absolute atomic E-state index is 12.8. The van der Waals surface area contributed by atoms with Gasteiger partial charge in [0, 0.05) is 6.54 Å². The van der Waals surface area contributed by atoms with Crippen LogP contribution in [0, 0.1) is 0 Å². The van der Waals surface area contributed by atoms with E-state index in [1.807, 2.05) is 36.4 Å². The van der Waals surface area contributed by atoms with Gasteiger partial charge in [0.25, 0.3) is 11.5 Å². The third kappa shape index (κ3) is 3.91. The summed E-state index contributed by atoms with van der Waals surface area (Å²) in [5, 5.41) is 7.76. The van der Waals surface area contributed by atoms with Crippen LogP contribution < -0.4 is 15.6 Å². The highest BCUT2D eigenvalue weighted by atomic mass is 16.5. The molecule has 0 saturated heterocycles. The molecule has 0 atom stereocenters. The SMILES string of the molecule is O=C(NCc1cccc(OC2CCCCC2)c1)c1cnn2c1[nH]c(=O)c1ccccc12. The number of hydrogen-bond acceptors (Lipinski definition) is 4. The zero-order valence-electron chi connectivity index (χ0n) is 17.1. The van der Waals surface area contributed by atoms with E-state index in [-0.39, 0.29) is 17.6 Å². The Labute approximate surface area is 179 Å². The number of carbonyl (C=O) groups excluding carboxylic acids is 1. The van der Waals surface area contributed by atoms with E-state index in [2.05, 4.69) is 15.4 Å². The molecule has 1 aliphatic carbocycles. The van der Waals surface area contributed by atoms with Crippen molar-refractivity contribution < 1.29 is 9.53 Å². The third-order valence-electron chi connectivity index (χ3n) is 5.83. The molecule has 5 rings (SSSR count). The zero-order valence-corrected chi connectivity index (χ0v) is 17.1. The Morgan fingerprint density at radius 1 is 1.13 bits per heavy atom. The van der Waals surface area contributed by atoms with Crippen LogP contribution in [0.4, 0.5) is 0 Å². The molecule has 0 radical (unpaired) electrons. The molecule has 0 aliphatic heterocycles. The van der Waals surface area contributed by atoms with Crippen LogP contribution in [0.15, 0.2) is 59.5 Å². The Balaban J connectivity index is 1.32. The van der Waals surface area contributed by atoms with Crippen LogP contribution in [-0.2, 0) is 6.54 Å². The molecule has 1 fully saturated rings. The van der Waals surface area contributed by atoms with Gasteiger partial charge in [0.05, 0.1) is 23.2 Å². The van der Waals surface area contributed by atoms with Crippen LogP contribution in [0.2, 0.25) is 0 Å². The van der Waals surface area contributed by atoms with Crippen molar-refractivity contribution in [1.82, 2.24) is 19.9 Å². The van der Waals surface area contributed by atoms with Gasteiger partial charge in [-0.3, -0.25) is 9.59 Å². The minimum atomic E-state index is -0.292. The van der Waals surface area contributed by atoms with Gasteiger partial charge in [-0.05, 0) is 55.5 Å². The highest BCUT2D eigenvalue weighted by Gasteiger charge is 2.17. The Morgan fingerprint density at radius 3 is 2.84 bits per heavy atom. The van der Waals surface area contributed by atoms with Crippen molar-refractivity contribution in [2.24, 2.45) is 0 Å². The quantitative estimate of drug-likeness (QED) is 0.518. The number of rotatable bonds is 5. The van der Waals surface area contributed by atoms with Crippen molar-refractivity contribution in [2.75, 3.05) is 0 Å². The van der Waals surface area contributed by atoms with Crippen molar-refractivity contribution in [3.63, 3.8) is 0 Å². The average Bonchev–Trinajstić information content (AvgIpc) is 3.23. The van der Waals surface area contributed by atoms with Gasteiger partial charge in [-0.2, -0.15) is 5.10 Å². The maximum atomic E-state index is 12.8. The van der Waals surface area contributed by atoms with Gasteiger partial charge >= 0.3 is 0 Å². The number of aromatic nitrogens is 3. The molecule has 158 valence electrons. The van der Waals surface area contributed by atoms with E-state index < -0.39 is 0 Å². The lowest BCUT2D eigenvalue weighted by atomic mass is 9.98. The van der Waals surface area contributed by atoms with Crippen LogP contribution in [0.3, 0.4) is 0 Å². The van der Waals surface area contributed by atoms with Gasteiger partial charge in [-0.25, -0.2) is 4.52 Å². The number of H-pyrrole nitrogens is 1. The molecule has 4 aromatic rings. The van der Waals surface area contributed by atoms with Crippen molar-refractivity contribution >= 4 is 22.5 Å². The molecular weight excluding hydrogens is 392 g/mol. The Hall–Kier alpha value is -3.61. The van der Waals surface area contributed by atoms with Crippen molar-refractivity contribution in [2.45, 2.75) is 44.8 Å². The smallest absolute Gasteiger partial charge is 0.259 e. The van der Waals surface area contributed by atoms with Crippen LogP contribution in [-0.4, -0.2) is 26.6 Å². The summed E-state index contributed by atoms with van der Waals surface area (Å²) in [6.45, 7) is 0.357. The summed E-state index contributed by atoms with van der Waals surface area (Å²) in [6, 6.07) is 15.0. The molecule has 0 bridgehead atoms. The number of ether oxygens (including phenoxy) is 1. The van der Waals surface area contributed by atoms with Crippen molar-refractivity contribution in [3.05, 3.63) is 76.2 Å². The molecule has 1 aliphatic rings. The number of aromatic amines is 1. The largest absolute Gasteiger partial charge is 0.490 e. The fourth-order valence-electron chi connectivity index (χ4n) is 4.22. The maximum Gasteiger partial charge on any atom is 0.259 e. The van der Waals surface area contributed by atoms with Crippen molar-refractivity contribution in [3.8, 4) is 5.75 Å². The first-order valence-electron chi connectivity index (χ1n) is 10.7. The Kier molecular flexibility index (Phi) is 5.16. The molecule has 1 saturated carbocycles. The summed E-state index contributed by atoms with van der Waals surface area (Å²) >= 11 is 0. The van der Waals surface area contributed by atoms with Crippen LogP contribution in [0.25, 0.3) is 16.6 Å². The molecule has 7 nitrogen and oxygen atoms in total. The second-order valence-corrected chi connectivity index (χ2v) is 8.00. The first kappa shape index (κ1) is 19.4. The highest BCUT2D eigenvalue weighted by molar-refractivity contribution is 6.00. The van der Waals surface area contributed by atoms with E-state index in [9.17, 15) is 9.59 Å². The number of carbonyl (C=O) groups is 1. The minimum Gasteiger partial charge on any atom is -0.490 e. The summed E-state index contributed by atoms with van der Waals surface area (Å²) < 4.78 is 7.71. The third-order valence-corrected chi connectivity index (χ3v) is 5.83. The molecule has 2 N–H and O–H groups in total. The highest BCUT2D eigenvalue weighted by Crippen LogP contribution is 2.24. The van der Waals surface area contributed by atoms with Gasteiger partial charge < -0.3 is 15.0 Å². The van der Waals surface area contributed by atoms with E-state index >= 15 is 0 Å². The molecule has 7 heteroatoms. The fourth-order valence-corrected chi connectivity index (χ4v) is 4.22. The summed E-state index contributed by atoms with van der Waals surface area (Å²) in [4.78, 5) is 28.0. The average molecular weight is 416 g/mol. The standard InChI is InChI=1S/C24H24N4O3/c29-23(20-15-26-28-21-12-5-4-11-19(21)24(30)27-22(20)28)25-14-16-7-6-10-18(13-16)31-17-8-2-1-3-9-17/h4-7,10-13,15,17H,1-3,8-9,14H2,(H,25,29)(H,27,30). The van der Waals surface area contributed by atoms with Gasteiger partial charge in [-0.15, -0.1) is 0 Å². The monoisotopic (exact) mass is 416 g/mol. The molecule has 1 amide bonds. The lowest BCUT2D eigenvalue weighted by molar-refractivity contribution is 0.0952. The Morgan fingerprint density at radius 2 is 1.97 bits per heavy atom. The van der Waals surface area contributed by atoms with Crippen molar-refractivity contribution in [1.29, 1.82) is 0 Å². The second-order valence-electron chi connectivity index (χ2n) is 8.00. The number of para-hydroxylation sites is 1. The van der Waals surface area contributed by atoms with Gasteiger partial charge in [-0.1, -0.05) is 30.7 Å². The number of hydrogen-bond donors (Lipinski definition) is 2. The number of benzene rings is 2. The number of nitrogens with one attached hydrogen (secondary N) is 2. The molecule has 31 heavy (non-hydrogen) atoms. The van der Waals surface area contributed by atoms with E-state index in [1.165, 1.54) is 25.5 Å². The van der Waals surface area contributed by atoms with E-state index in [0.717, 1.165) is 24.2 Å². The fraction of sp³-hybridized carbons (Fsp3) is 0.292.